The summed E-state index contributed by atoms with van der Waals surface area (Å²) >= 11 is 3.33. The summed E-state index contributed by atoms with van der Waals surface area (Å²) < 4.78 is 0.753. The zero-order valence-corrected chi connectivity index (χ0v) is 10.4. The molecule has 0 spiro atoms. The van der Waals surface area contributed by atoms with Crippen molar-refractivity contribution >= 4 is 27.7 Å². The number of anilines is 2. The molecule has 4 nitrogen and oxygen atoms in total. The molecule has 1 aliphatic rings. The number of halogens is 1. The minimum Gasteiger partial charge on any atom is -0.383 e. The van der Waals surface area contributed by atoms with Gasteiger partial charge >= 0.3 is 0 Å². The standard InChI is InChI=1S/C10H15BrN4/c1-7-2-4-15(5-3-7)10-13-8(11)6-9(12)14-10/h6-7H,2-5H2,1H3,(H2,12,13,14). The molecule has 2 heterocycles. The second-order valence-electron chi connectivity index (χ2n) is 4.09. The highest BCUT2D eigenvalue weighted by Crippen LogP contribution is 2.22. The van der Waals surface area contributed by atoms with E-state index in [0.29, 0.717) is 5.82 Å². The molecule has 2 N–H and O–H groups in total. The summed E-state index contributed by atoms with van der Waals surface area (Å²) in [7, 11) is 0. The maximum Gasteiger partial charge on any atom is 0.228 e. The first kappa shape index (κ1) is 10.7. The second-order valence-corrected chi connectivity index (χ2v) is 4.90. The molecule has 0 unspecified atom stereocenters. The van der Waals surface area contributed by atoms with E-state index in [2.05, 4.69) is 37.7 Å². The average Bonchev–Trinajstić information content (AvgIpc) is 2.17. The normalized spacial score (nSPS) is 18.1. The molecule has 1 aliphatic heterocycles. The smallest absolute Gasteiger partial charge is 0.228 e. The van der Waals surface area contributed by atoms with E-state index in [-0.39, 0.29) is 0 Å². The molecule has 0 bridgehead atoms. The van der Waals surface area contributed by atoms with Crippen molar-refractivity contribution in [2.45, 2.75) is 19.8 Å². The molecule has 0 saturated carbocycles. The number of hydrogen-bond donors (Lipinski definition) is 1. The number of aromatic nitrogens is 2. The fraction of sp³-hybridized carbons (Fsp3) is 0.600. The lowest BCUT2D eigenvalue weighted by molar-refractivity contribution is 0.434. The van der Waals surface area contributed by atoms with Crippen molar-refractivity contribution in [1.82, 2.24) is 9.97 Å². The first-order chi connectivity index (χ1) is 7.15. The Morgan fingerprint density at radius 3 is 2.67 bits per heavy atom. The molecule has 0 radical (unpaired) electrons. The molecule has 0 amide bonds. The van der Waals surface area contributed by atoms with Crippen LogP contribution in [0.5, 0.6) is 0 Å². The van der Waals surface area contributed by atoms with Gasteiger partial charge in [-0.15, -0.1) is 0 Å². The maximum atomic E-state index is 5.69. The van der Waals surface area contributed by atoms with Crippen LogP contribution in [0.25, 0.3) is 0 Å². The first-order valence-corrected chi connectivity index (χ1v) is 5.99. The Balaban J connectivity index is 2.15. The Morgan fingerprint density at radius 1 is 1.40 bits per heavy atom. The fourth-order valence-corrected chi connectivity index (χ4v) is 2.17. The van der Waals surface area contributed by atoms with Gasteiger partial charge in [0.2, 0.25) is 5.95 Å². The Bertz CT molecular complexity index is 327. The summed E-state index contributed by atoms with van der Waals surface area (Å²) in [5, 5.41) is 0. The third kappa shape index (κ3) is 2.59. The predicted molar refractivity (Wildman–Crippen MR) is 64.8 cm³/mol. The number of piperidine rings is 1. The molecule has 15 heavy (non-hydrogen) atoms. The first-order valence-electron chi connectivity index (χ1n) is 5.20. The van der Waals surface area contributed by atoms with Gasteiger partial charge in [0.25, 0.3) is 0 Å². The topological polar surface area (TPSA) is 55.0 Å². The van der Waals surface area contributed by atoms with Crippen molar-refractivity contribution < 1.29 is 0 Å². The zero-order chi connectivity index (χ0) is 10.8. The summed E-state index contributed by atoms with van der Waals surface area (Å²) in [6, 6.07) is 1.72. The summed E-state index contributed by atoms with van der Waals surface area (Å²) in [4.78, 5) is 10.8. The molecule has 1 saturated heterocycles. The number of nitrogens with zero attached hydrogens (tertiary/aromatic N) is 3. The Morgan fingerprint density at radius 2 is 2.07 bits per heavy atom. The van der Waals surface area contributed by atoms with Crippen LogP contribution in [0.2, 0.25) is 0 Å². The number of nitrogens with two attached hydrogens (primary N) is 1. The minimum atomic E-state index is 0.519. The van der Waals surface area contributed by atoms with E-state index in [1.54, 1.807) is 6.07 Å². The summed E-state index contributed by atoms with van der Waals surface area (Å²) in [6.07, 6.45) is 2.41. The minimum absolute atomic E-state index is 0.519. The highest BCUT2D eigenvalue weighted by molar-refractivity contribution is 9.10. The van der Waals surface area contributed by atoms with E-state index in [4.69, 9.17) is 5.73 Å². The Hall–Kier alpha value is -0.840. The summed E-state index contributed by atoms with van der Waals surface area (Å²) in [6.45, 7) is 4.33. The Labute approximate surface area is 98.0 Å². The molecular weight excluding hydrogens is 256 g/mol. The fourth-order valence-electron chi connectivity index (χ4n) is 1.77. The van der Waals surface area contributed by atoms with Gasteiger partial charge in [-0.3, -0.25) is 0 Å². The molecule has 1 aromatic rings. The average molecular weight is 271 g/mol. The summed E-state index contributed by atoms with van der Waals surface area (Å²) in [5.41, 5.74) is 5.69. The van der Waals surface area contributed by atoms with Crippen molar-refractivity contribution in [1.29, 1.82) is 0 Å². The van der Waals surface area contributed by atoms with Gasteiger partial charge in [0.1, 0.15) is 10.4 Å². The Kier molecular flexibility index (Phi) is 3.09. The lowest BCUT2D eigenvalue weighted by Crippen LogP contribution is -2.34. The van der Waals surface area contributed by atoms with Crippen LogP contribution in [0.3, 0.4) is 0 Å². The van der Waals surface area contributed by atoms with Crippen LogP contribution < -0.4 is 10.6 Å². The van der Waals surface area contributed by atoms with E-state index in [1.165, 1.54) is 12.8 Å². The largest absolute Gasteiger partial charge is 0.383 e. The van der Waals surface area contributed by atoms with E-state index < -0.39 is 0 Å². The van der Waals surface area contributed by atoms with E-state index in [1.807, 2.05) is 0 Å². The van der Waals surface area contributed by atoms with Crippen LogP contribution >= 0.6 is 15.9 Å². The van der Waals surface area contributed by atoms with Gasteiger partial charge in [-0.05, 0) is 34.7 Å². The van der Waals surface area contributed by atoms with Gasteiger partial charge in [0, 0.05) is 19.2 Å². The summed E-state index contributed by atoms with van der Waals surface area (Å²) in [5.74, 6) is 2.07. The lowest BCUT2D eigenvalue weighted by atomic mass is 10.00. The molecule has 1 fully saturated rings. The molecule has 1 aromatic heterocycles. The number of rotatable bonds is 1. The van der Waals surface area contributed by atoms with Crippen LogP contribution in [0.15, 0.2) is 10.7 Å². The highest BCUT2D eigenvalue weighted by Gasteiger charge is 2.18. The van der Waals surface area contributed by atoms with Gasteiger partial charge in [-0.25, -0.2) is 4.98 Å². The van der Waals surface area contributed by atoms with Crippen LogP contribution in [-0.2, 0) is 0 Å². The van der Waals surface area contributed by atoms with Crippen LogP contribution in [0.4, 0.5) is 11.8 Å². The lowest BCUT2D eigenvalue weighted by Gasteiger charge is -2.30. The van der Waals surface area contributed by atoms with Crippen molar-refractivity contribution in [3.05, 3.63) is 10.7 Å². The molecular formula is C10H15BrN4. The molecule has 5 heteroatoms. The van der Waals surface area contributed by atoms with E-state index >= 15 is 0 Å². The molecule has 0 aliphatic carbocycles. The number of hydrogen-bond acceptors (Lipinski definition) is 4. The molecule has 2 rings (SSSR count). The van der Waals surface area contributed by atoms with Crippen LogP contribution in [0, 0.1) is 5.92 Å². The van der Waals surface area contributed by atoms with Gasteiger partial charge in [0.15, 0.2) is 0 Å². The monoisotopic (exact) mass is 270 g/mol. The van der Waals surface area contributed by atoms with Gasteiger partial charge in [-0.2, -0.15) is 4.98 Å². The van der Waals surface area contributed by atoms with Gasteiger partial charge in [0.05, 0.1) is 0 Å². The highest BCUT2D eigenvalue weighted by atomic mass is 79.9. The van der Waals surface area contributed by atoms with Crippen molar-refractivity contribution in [2.75, 3.05) is 23.7 Å². The van der Waals surface area contributed by atoms with Gasteiger partial charge < -0.3 is 10.6 Å². The van der Waals surface area contributed by atoms with E-state index in [9.17, 15) is 0 Å². The molecule has 82 valence electrons. The SMILES string of the molecule is CC1CCN(c2nc(N)cc(Br)n2)CC1. The maximum absolute atomic E-state index is 5.69. The quantitative estimate of drug-likeness (QED) is 0.794. The van der Waals surface area contributed by atoms with Crippen molar-refractivity contribution in [2.24, 2.45) is 5.92 Å². The molecule has 0 atom stereocenters. The third-order valence-electron chi connectivity index (χ3n) is 2.77. The van der Waals surface area contributed by atoms with E-state index in [0.717, 1.165) is 29.6 Å². The zero-order valence-electron chi connectivity index (χ0n) is 8.78. The van der Waals surface area contributed by atoms with Crippen molar-refractivity contribution in [3.8, 4) is 0 Å². The van der Waals surface area contributed by atoms with Crippen molar-refractivity contribution in [3.63, 3.8) is 0 Å². The number of nitrogen functional groups attached to an aromatic ring is 1. The molecule has 0 aromatic carbocycles. The van der Waals surface area contributed by atoms with Crippen LogP contribution in [-0.4, -0.2) is 23.1 Å². The van der Waals surface area contributed by atoms with Crippen LogP contribution in [0.1, 0.15) is 19.8 Å². The third-order valence-corrected chi connectivity index (χ3v) is 3.18. The second kappa shape index (κ2) is 4.35. The predicted octanol–water partition coefficient (Wildman–Crippen LogP) is 2.06. The van der Waals surface area contributed by atoms with Gasteiger partial charge in [-0.1, -0.05) is 6.92 Å².